The van der Waals surface area contributed by atoms with Crippen molar-refractivity contribution < 1.29 is 23.5 Å². The Bertz CT molecular complexity index is 1580. The highest BCUT2D eigenvalue weighted by molar-refractivity contribution is 9.10. The highest BCUT2D eigenvalue weighted by atomic mass is 79.9. The summed E-state index contributed by atoms with van der Waals surface area (Å²) in [6, 6.07) is 21.0. The molecule has 1 saturated heterocycles. The van der Waals surface area contributed by atoms with Crippen LogP contribution in [0.2, 0.25) is 5.02 Å². The Kier molecular flexibility index (Phi) is 6.78. The summed E-state index contributed by atoms with van der Waals surface area (Å²) < 4.78 is 19.8. The maximum Gasteiger partial charge on any atom is 0.335 e. The molecule has 1 N–H and O–H groups in total. The van der Waals surface area contributed by atoms with Crippen LogP contribution >= 0.6 is 27.5 Å². The number of hydrogen-bond acceptors (Lipinski definition) is 4. The van der Waals surface area contributed by atoms with Crippen LogP contribution in [0.25, 0.3) is 16.8 Å². The number of nitrogens with zero attached hydrogens (tertiary/aromatic N) is 1. The Morgan fingerprint density at radius 3 is 2.46 bits per heavy atom. The van der Waals surface area contributed by atoms with Crippen LogP contribution in [0.1, 0.15) is 11.1 Å². The lowest BCUT2D eigenvalue weighted by atomic mass is 10.1. The first-order valence-electron chi connectivity index (χ1n) is 11.1. The van der Waals surface area contributed by atoms with Crippen LogP contribution < -0.4 is 15.0 Å². The summed E-state index contributed by atoms with van der Waals surface area (Å²) in [6.45, 7) is 0.274. The van der Waals surface area contributed by atoms with Crippen LogP contribution in [0.4, 0.5) is 14.9 Å². The van der Waals surface area contributed by atoms with Crippen molar-refractivity contribution >= 4 is 67.9 Å². The number of hydrogen-bond donors (Lipinski definition) is 1. The summed E-state index contributed by atoms with van der Waals surface area (Å²) in [5.41, 5.74) is 1.26. The standard InChI is InChI=1S/C28H17BrClFN2O4/c29-23-13-16(12-22-26(34)32-28(36)33(27(22)35)20-10-8-19(31)9-11-20)14-24(30)25(23)37-15-18-6-3-5-17-4-1-2-7-21(17)18/h1-14H,15H2,(H,32,34,36)/b22-12+. The van der Waals surface area contributed by atoms with Crippen LogP contribution in [0.3, 0.4) is 0 Å². The molecule has 0 aromatic heterocycles. The molecule has 0 atom stereocenters. The molecule has 4 amide bonds. The van der Waals surface area contributed by atoms with Crippen molar-refractivity contribution in [1.82, 2.24) is 5.32 Å². The molecule has 9 heteroatoms. The summed E-state index contributed by atoms with van der Waals surface area (Å²) in [6.07, 6.45) is 1.33. The number of carbonyl (C=O) groups excluding carboxylic acids is 3. The summed E-state index contributed by atoms with van der Waals surface area (Å²) in [4.78, 5) is 38.6. The van der Waals surface area contributed by atoms with Crippen LogP contribution in [0, 0.1) is 5.82 Å². The minimum absolute atomic E-state index is 0.124. The number of ether oxygens (including phenoxy) is 1. The lowest BCUT2D eigenvalue weighted by Gasteiger charge is -2.26. The number of rotatable bonds is 5. The molecule has 1 heterocycles. The van der Waals surface area contributed by atoms with Crippen molar-refractivity contribution in [3.8, 4) is 5.75 Å². The molecule has 1 fully saturated rings. The van der Waals surface area contributed by atoms with Crippen molar-refractivity contribution in [2.75, 3.05) is 4.90 Å². The van der Waals surface area contributed by atoms with E-state index in [0.717, 1.165) is 33.4 Å². The van der Waals surface area contributed by atoms with Gasteiger partial charge in [-0.1, -0.05) is 54.1 Å². The van der Waals surface area contributed by atoms with Gasteiger partial charge in [-0.2, -0.15) is 0 Å². The van der Waals surface area contributed by atoms with Crippen molar-refractivity contribution in [2.45, 2.75) is 6.61 Å². The number of benzene rings is 4. The molecule has 4 aromatic carbocycles. The van der Waals surface area contributed by atoms with Gasteiger partial charge in [0.25, 0.3) is 11.8 Å². The third-order valence-corrected chi connectivity index (χ3v) is 6.64. The third kappa shape index (κ3) is 4.98. The third-order valence-electron chi connectivity index (χ3n) is 5.77. The molecule has 1 aliphatic heterocycles. The molecule has 184 valence electrons. The van der Waals surface area contributed by atoms with Crippen molar-refractivity contribution in [1.29, 1.82) is 0 Å². The monoisotopic (exact) mass is 578 g/mol. The van der Waals surface area contributed by atoms with Gasteiger partial charge in [-0.25, -0.2) is 14.1 Å². The molecular weight excluding hydrogens is 563 g/mol. The van der Waals surface area contributed by atoms with Gasteiger partial charge in [0.2, 0.25) is 0 Å². The Labute approximate surface area is 224 Å². The second-order valence-electron chi connectivity index (χ2n) is 8.17. The summed E-state index contributed by atoms with van der Waals surface area (Å²) in [5, 5.41) is 4.56. The van der Waals surface area contributed by atoms with E-state index in [1.54, 1.807) is 12.1 Å². The van der Waals surface area contributed by atoms with Gasteiger partial charge in [-0.15, -0.1) is 0 Å². The van der Waals surface area contributed by atoms with Crippen LogP contribution in [-0.2, 0) is 16.2 Å². The number of amides is 4. The fraction of sp³-hybridized carbons (Fsp3) is 0.0357. The number of anilines is 1. The quantitative estimate of drug-likeness (QED) is 0.212. The molecule has 0 aliphatic carbocycles. The number of urea groups is 1. The van der Waals surface area contributed by atoms with Crippen LogP contribution in [0.5, 0.6) is 5.75 Å². The van der Waals surface area contributed by atoms with E-state index in [9.17, 15) is 18.8 Å². The van der Waals surface area contributed by atoms with E-state index in [0.29, 0.717) is 15.8 Å². The molecule has 0 bridgehead atoms. The summed E-state index contributed by atoms with van der Waals surface area (Å²) in [7, 11) is 0. The van der Waals surface area contributed by atoms with Gasteiger partial charge in [-0.3, -0.25) is 14.9 Å². The highest BCUT2D eigenvalue weighted by Crippen LogP contribution is 2.36. The summed E-state index contributed by atoms with van der Waals surface area (Å²) >= 11 is 9.96. The second-order valence-corrected chi connectivity index (χ2v) is 9.44. The maximum atomic E-state index is 13.3. The first-order valence-corrected chi connectivity index (χ1v) is 12.2. The van der Waals surface area contributed by atoms with Gasteiger partial charge in [-0.05, 0) is 80.3 Å². The average Bonchev–Trinajstić information content (AvgIpc) is 2.87. The first kappa shape index (κ1) is 24.7. The van der Waals surface area contributed by atoms with Gasteiger partial charge < -0.3 is 4.74 Å². The Hall–Kier alpha value is -4.01. The first-order chi connectivity index (χ1) is 17.8. The summed E-state index contributed by atoms with van der Waals surface area (Å²) in [5.74, 6) is -1.82. The van der Waals surface area contributed by atoms with Gasteiger partial charge in [0.15, 0.2) is 5.75 Å². The topological polar surface area (TPSA) is 75.7 Å². The van der Waals surface area contributed by atoms with Gasteiger partial charge in [0, 0.05) is 0 Å². The number of fused-ring (bicyclic) bond motifs is 1. The van der Waals surface area contributed by atoms with E-state index in [1.165, 1.54) is 18.2 Å². The van der Waals surface area contributed by atoms with Crippen molar-refractivity contribution in [3.63, 3.8) is 0 Å². The van der Waals surface area contributed by atoms with Crippen molar-refractivity contribution in [3.05, 3.63) is 111 Å². The number of barbiturate groups is 1. The Morgan fingerprint density at radius 1 is 0.973 bits per heavy atom. The molecule has 0 spiro atoms. The maximum absolute atomic E-state index is 13.3. The molecule has 37 heavy (non-hydrogen) atoms. The molecule has 6 nitrogen and oxygen atoms in total. The van der Waals surface area contributed by atoms with E-state index in [2.05, 4.69) is 21.2 Å². The molecule has 1 aliphatic rings. The largest absolute Gasteiger partial charge is 0.486 e. The van der Waals surface area contributed by atoms with E-state index >= 15 is 0 Å². The Morgan fingerprint density at radius 2 is 1.70 bits per heavy atom. The zero-order chi connectivity index (χ0) is 26.1. The SMILES string of the molecule is O=C1NC(=O)N(c2ccc(F)cc2)C(=O)/C1=C/c1cc(Cl)c(OCc2cccc3ccccc23)c(Br)c1. The fourth-order valence-corrected chi connectivity index (χ4v) is 5.01. The van der Waals surface area contributed by atoms with Gasteiger partial charge in [0.1, 0.15) is 18.0 Å². The minimum Gasteiger partial charge on any atom is -0.486 e. The van der Waals surface area contributed by atoms with Crippen LogP contribution in [-0.4, -0.2) is 17.8 Å². The van der Waals surface area contributed by atoms with Crippen LogP contribution in [0.15, 0.2) is 88.9 Å². The van der Waals surface area contributed by atoms with Gasteiger partial charge >= 0.3 is 6.03 Å². The number of imide groups is 2. The normalized spacial score (nSPS) is 14.8. The molecule has 4 aromatic rings. The smallest absolute Gasteiger partial charge is 0.335 e. The number of nitrogens with one attached hydrogen (secondary N) is 1. The average molecular weight is 580 g/mol. The highest BCUT2D eigenvalue weighted by Gasteiger charge is 2.36. The lowest BCUT2D eigenvalue weighted by molar-refractivity contribution is -0.122. The van der Waals surface area contributed by atoms with Gasteiger partial charge in [0.05, 0.1) is 15.2 Å². The lowest BCUT2D eigenvalue weighted by Crippen LogP contribution is -2.54. The van der Waals surface area contributed by atoms with E-state index < -0.39 is 23.7 Å². The zero-order valence-electron chi connectivity index (χ0n) is 19.0. The molecule has 5 rings (SSSR count). The zero-order valence-corrected chi connectivity index (χ0v) is 21.3. The molecule has 0 unspecified atom stereocenters. The Balaban J connectivity index is 1.41. The predicted molar refractivity (Wildman–Crippen MR) is 143 cm³/mol. The fourth-order valence-electron chi connectivity index (χ4n) is 4.02. The second kappa shape index (κ2) is 10.2. The predicted octanol–water partition coefficient (Wildman–Crippen LogP) is 6.64. The molecule has 0 radical (unpaired) electrons. The van der Waals surface area contributed by atoms with E-state index in [1.807, 2.05) is 42.5 Å². The number of halogens is 3. The molecular formula is C28H17BrClFN2O4. The van der Waals surface area contributed by atoms with Crippen molar-refractivity contribution in [2.24, 2.45) is 0 Å². The number of carbonyl (C=O) groups is 3. The minimum atomic E-state index is -0.921. The molecule has 0 saturated carbocycles. The van der Waals surface area contributed by atoms with E-state index in [-0.39, 0.29) is 22.9 Å². The van der Waals surface area contributed by atoms with E-state index in [4.69, 9.17) is 16.3 Å².